The number of carbonyl (C=O) groups is 1. The van der Waals surface area contributed by atoms with Crippen molar-refractivity contribution in [3.63, 3.8) is 0 Å². The maximum absolute atomic E-state index is 13.6. The van der Waals surface area contributed by atoms with Gasteiger partial charge in [0.05, 0.1) is 12.2 Å². The zero-order chi connectivity index (χ0) is 20.5. The van der Waals surface area contributed by atoms with Crippen molar-refractivity contribution in [2.75, 3.05) is 16.8 Å². The molecule has 30 heavy (non-hydrogen) atoms. The van der Waals surface area contributed by atoms with E-state index in [0.29, 0.717) is 12.2 Å². The molecule has 0 fully saturated rings. The quantitative estimate of drug-likeness (QED) is 0.461. The van der Waals surface area contributed by atoms with E-state index in [-0.39, 0.29) is 12.1 Å². The van der Waals surface area contributed by atoms with Crippen molar-refractivity contribution >= 4 is 28.1 Å². The van der Waals surface area contributed by atoms with Crippen LogP contribution in [0.3, 0.4) is 0 Å². The van der Waals surface area contributed by atoms with Gasteiger partial charge in [-0.3, -0.25) is 9.69 Å². The molecule has 4 aromatic carbocycles. The summed E-state index contributed by atoms with van der Waals surface area (Å²) >= 11 is 0. The molecule has 0 bridgehead atoms. The summed E-state index contributed by atoms with van der Waals surface area (Å²) in [4.78, 5) is 15.4. The van der Waals surface area contributed by atoms with Crippen LogP contribution in [-0.2, 0) is 0 Å². The van der Waals surface area contributed by atoms with Gasteiger partial charge < -0.3 is 10.1 Å². The van der Waals surface area contributed by atoms with Crippen molar-refractivity contribution in [1.29, 1.82) is 0 Å². The van der Waals surface area contributed by atoms with E-state index >= 15 is 0 Å². The second-order valence-electron chi connectivity index (χ2n) is 7.30. The highest BCUT2D eigenvalue weighted by atomic mass is 16.5. The van der Waals surface area contributed by atoms with Gasteiger partial charge in [-0.1, -0.05) is 54.6 Å². The van der Waals surface area contributed by atoms with Crippen molar-refractivity contribution in [3.8, 4) is 5.75 Å². The van der Waals surface area contributed by atoms with Gasteiger partial charge in [-0.05, 0) is 59.7 Å². The fourth-order valence-corrected chi connectivity index (χ4v) is 3.99. The number of anilines is 2. The minimum absolute atomic E-state index is 0.0153. The van der Waals surface area contributed by atoms with Crippen molar-refractivity contribution in [2.45, 2.75) is 13.1 Å². The van der Waals surface area contributed by atoms with E-state index in [1.165, 1.54) is 0 Å². The molecule has 0 saturated heterocycles. The van der Waals surface area contributed by atoms with E-state index in [1.807, 2.05) is 78.6 Å². The van der Waals surface area contributed by atoms with Crippen molar-refractivity contribution in [3.05, 3.63) is 102 Å². The van der Waals surface area contributed by atoms with Crippen molar-refractivity contribution < 1.29 is 9.53 Å². The molecule has 1 amide bonds. The molecule has 5 rings (SSSR count). The van der Waals surface area contributed by atoms with Crippen LogP contribution in [0.4, 0.5) is 11.4 Å². The minimum atomic E-state index is -0.316. The zero-order valence-corrected chi connectivity index (χ0v) is 16.7. The van der Waals surface area contributed by atoms with Gasteiger partial charge >= 0.3 is 0 Å². The van der Waals surface area contributed by atoms with Gasteiger partial charge in [-0.15, -0.1) is 0 Å². The molecule has 4 nitrogen and oxygen atoms in total. The SMILES string of the molecule is CCOc1ccc([C@H]2Nc3ccccc3C(=O)N2c2ccc3ccccc3c2)cc1. The number of ether oxygens (including phenoxy) is 1. The fraction of sp³-hybridized carbons (Fsp3) is 0.115. The summed E-state index contributed by atoms with van der Waals surface area (Å²) in [5.74, 6) is 0.805. The molecule has 148 valence electrons. The lowest BCUT2D eigenvalue weighted by atomic mass is 10.0. The Morgan fingerprint density at radius 2 is 1.60 bits per heavy atom. The molecule has 4 heteroatoms. The summed E-state index contributed by atoms with van der Waals surface area (Å²) in [7, 11) is 0. The van der Waals surface area contributed by atoms with E-state index in [2.05, 4.69) is 29.6 Å². The number of nitrogens with zero attached hydrogens (tertiary/aromatic N) is 1. The van der Waals surface area contributed by atoms with E-state index in [1.54, 1.807) is 0 Å². The van der Waals surface area contributed by atoms with Crippen LogP contribution in [0, 0.1) is 0 Å². The monoisotopic (exact) mass is 394 g/mol. The van der Waals surface area contributed by atoms with Crippen LogP contribution in [0.15, 0.2) is 91.0 Å². The topological polar surface area (TPSA) is 41.6 Å². The summed E-state index contributed by atoms with van der Waals surface area (Å²) in [5, 5.41) is 5.81. The lowest BCUT2D eigenvalue weighted by Gasteiger charge is -2.38. The van der Waals surface area contributed by atoms with Crippen LogP contribution < -0.4 is 15.0 Å². The van der Waals surface area contributed by atoms with Crippen LogP contribution in [0.1, 0.15) is 29.0 Å². The average molecular weight is 394 g/mol. The third kappa shape index (κ3) is 3.16. The smallest absolute Gasteiger partial charge is 0.262 e. The van der Waals surface area contributed by atoms with Gasteiger partial charge in [-0.25, -0.2) is 0 Å². The number of hydrogen-bond acceptors (Lipinski definition) is 3. The molecule has 1 aliphatic heterocycles. The van der Waals surface area contributed by atoms with Crippen LogP contribution in [0.25, 0.3) is 10.8 Å². The highest BCUT2D eigenvalue weighted by Crippen LogP contribution is 2.37. The first-order valence-corrected chi connectivity index (χ1v) is 10.2. The zero-order valence-electron chi connectivity index (χ0n) is 16.7. The van der Waals surface area contributed by atoms with Gasteiger partial charge in [0.1, 0.15) is 11.9 Å². The Morgan fingerprint density at radius 3 is 2.40 bits per heavy atom. The number of fused-ring (bicyclic) bond motifs is 2. The summed E-state index contributed by atoms with van der Waals surface area (Å²) in [6.45, 7) is 2.59. The van der Waals surface area contributed by atoms with Crippen LogP contribution in [-0.4, -0.2) is 12.5 Å². The highest BCUT2D eigenvalue weighted by molar-refractivity contribution is 6.12. The molecule has 4 aromatic rings. The molecule has 0 aromatic heterocycles. The maximum atomic E-state index is 13.6. The third-order valence-electron chi connectivity index (χ3n) is 5.44. The Labute approximate surface area is 175 Å². The lowest BCUT2D eigenvalue weighted by Crippen LogP contribution is -2.43. The van der Waals surface area contributed by atoms with Gasteiger partial charge in [0.2, 0.25) is 0 Å². The first-order valence-electron chi connectivity index (χ1n) is 10.2. The summed E-state index contributed by atoms with van der Waals surface area (Å²) < 4.78 is 5.58. The predicted octanol–water partition coefficient (Wildman–Crippen LogP) is 6.01. The number of hydrogen-bond donors (Lipinski definition) is 1. The molecule has 0 unspecified atom stereocenters. The predicted molar refractivity (Wildman–Crippen MR) is 121 cm³/mol. The molecule has 1 N–H and O–H groups in total. The Bertz CT molecular complexity index is 1220. The number of para-hydroxylation sites is 1. The Morgan fingerprint density at radius 1 is 0.867 bits per heavy atom. The fourth-order valence-electron chi connectivity index (χ4n) is 3.99. The van der Waals surface area contributed by atoms with Crippen LogP contribution in [0.5, 0.6) is 5.75 Å². The molecule has 1 atom stereocenters. The first kappa shape index (κ1) is 18.3. The Kier molecular flexibility index (Phi) is 4.60. The Hall–Kier alpha value is -3.79. The first-order chi connectivity index (χ1) is 14.7. The summed E-state index contributed by atoms with van der Waals surface area (Å²) in [5.41, 5.74) is 3.38. The maximum Gasteiger partial charge on any atom is 0.262 e. The normalized spacial score (nSPS) is 15.6. The molecular weight excluding hydrogens is 372 g/mol. The number of nitrogens with one attached hydrogen (secondary N) is 1. The molecule has 1 heterocycles. The molecule has 0 radical (unpaired) electrons. The third-order valence-corrected chi connectivity index (χ3v) is 5.44. The van der Waals surface area contributed by atoms with Crippen LogP contribution in [0.2, 0.25) is 0 Å². The van der Waals surface area contributed by atoms with Gasteiger partial charge in [0, 0.05) is 11.4 Å². The number of rotatable bonds is 4. The van der Waals surface area contributed by atoms with E-state index in [9.17, 15) is 4.79 Å². The largest absolute Gasteiger partial charge is 0.494 e. The van der Waals surface area contributed by atoms with E-state index < -0.39 is 0 Å². The average Bonchev–Trinajstić information content (AvgIpc) is 2.79. The molecule has 0 aliphatic carbocycles. The number of amides is 1. The lowest BCUT2D eigenvalue weighted by molar-refractivity contribution is 0.0975. The number of carbonyl (C=O) groups excluding carboxylic acids is 1. The van der Waals surface area contributed by atoms with Gasteiger partial charge in [0.25, 0.3) is 5.91 Å². The van der Waals surface area contributed by atoms with Crippen molar-refractivity contribution in [1.82, 2.24) is 0 Å². The Balaban J connectivity index is 1.62. The second kappa shape index (κ2) is 7.56. The second-order valence-corrected chi connectivity index (χ2v) is 7.30. The molecular formula is C26H22N2O2. The molecule has 1 aliphatic rings. The van der Waals surface area contributed by atoms with Gasteiger partial charge in [-0.2, -0.15) is 0 Å². The minimum Gasteiger partial charge on any atom is -0.494 e. The summed E-state index contributed by atoms with van der Waals surface area (Å²) in [6.07, 6.45) is -0.316. The molecule has 0 spiro atoms. The van der Waals surface area contributed by atoms with Gasteiger partial charge in [0.15, 0.2) is 0 Å². The standard InChI is InChI=1S/C26H22N2O2/c1-2-30-22-15-12-19(13-16-22)25-27-24-10-6-5-9-23(24)26(29)28(25)21-14-11-18-7-3-4-8-20(18)17-21/h3-17,25,27H,2H2,1H3/t25-/m0/s1. The van der Waals surface area contributed by atoms with Crippen LogP contribution >= 0.6 is 0 Å². The molecule has 0 saturated carbocycles. The highest BCUT2D eigenvalue weighted by Gasteiger charge is 2.34. The van der Waals surface area contributed by atoms with E-state index in [0.717, 1.165) is 33.5 Å². The summed E-state index contributed by atoms with van der Waals surface area (Å²) in [6, 6.07) is 29.9. The van der Waals surface area contributed by atoms with Crippen molar-refractivity contribution in [2.24, 2.45) is 0 Å². The number of benzene rings is 4. The van der Waals surface area contributed by atoms with E-state index in [4.69, 9.17) is 4.74 Å².